The number of esters is 1. The number of nitrogens with one attached hydrogen (secondary N) is 2. The average molecular weight is 462 g/mol. The van der Waals surface area contributed by atoms with Crippen LogP contribution in [0.25, 0.3) is 0 Å². The summed E-state index contributed by atoms with van der Waals surface area (Å²) >= 11 is 0. The summed E-state index contributed by atoms with van der Waals surface area (Å²) in [5.41, 5.74) is 1.18. The number of hydrogen-bond acceptors (Lipinski definition) is 8. The number of anilines is 2. The Morgan fingerprint density at radius 1 is 0.676 bits per heavy atom. The van der Waals surface area contributed by atoms with Crippen molar-refractivity contribution in [1.82, 2.24) is 0 Å². The summed E-state index contributed by atoms with van der Waals surface area (Å²) in [4.78, 5) is 37.4. The predicted molar refractivity (Wildman–Crippen MR) is 119 cm³/mol. The highest BCUT2D eigenvalue weighted by atomic mass is 16.7. The second-order valence-electron chi connectivity index (χ2n) is 7.38. The molecule has 2 aliphatic heterocycles. The molecule has 2 N–H and O–H groups in total. The second-order valence-corrected chi connectivity index (χ2v) is 7.38. The third-order valence-electron chi connectivity index (χ3n) is 4.95. The minimum atomic E-state index is -0.588. The molecule has 2 amide bonds. The van der Waals surface area contributed by atoms with Crippen LogP contribution in [0, 0.1) is 0 Å². The molecule has 0 aromatic heterocycles. The maximum absolute atomic E-state index is 12.9. The van der Waals surface area contributed by atoms with E-state index < -0.39 is 17.8 Å². The van der Waals surface area contributed by atoms with Crippen LogP contribution in [0.15, 0.2) is 54.6 Å². The van der Waals surface area contributed by atoms with Gasteiger partial charge in [0.15, 0.2) is 23.0 Å². The van der Waals surface area contributed by atoms with E-state index in [1.165, 1.54) is 25.1 Å². The Kier molecular flexibility index (Phi) is 5.38. The van der Waals surface area contributed by atoms with Crippen molar-refractivity contribution in [3.8, 4) is 28.7 Å². The number of benzene rings is 3. The largest absolute Gasteiger partial charge is 0.454 e. The van der Waals surface area contributed by atoms with Crippen molar-refractivity contribution in [3.05, 3.63) is 65.7 Å². The van der Waals surface area contributed by atoms with E-state index in [1.54, 1.807) is 36.4 Å². The number of carbonyl (C=O) groups excluding carboxylic acids is 3. The zero-order valence-electron chi connectivity index (χ0n) is 17.9. The maximum Gasteiger partial charge on any atom is 0.308 e. The molecule has 0 atom stereocenters. The van der Waals surface area contributed by atoms with Crippen LogP contribution in [-0.2, 0) is 4.79 Å². The summed E-state index contributed by atoms with van der Waals surface area (Å²) in [6.45, 7) is 1.45. The Hall–Kier alpha value is -4.73. The van der Waals surface area contributed by atoms with Crippen molar-refractivity contribution >= 4 is 29.2 Å². The summed E-state index contributed by atoms with van der Waals surface area (Å²) in [6, 6.07) is 14.1. The first-order valence-electron chi connectivity index (χ1n) is 10.2. The van der Waals surface area contributed by atoms with Crippen molar-refractivity contribution in [2.75, 3.05) is 24.2 Å². The first-order valence-corrected chi connectivity index (χ1v) is 10.2. The lowest BCUT2D eigenvalue weighted by atomic mass is 10.1. The Balaban J connectivity index is 1.39. The number of carbonyl (C=O) groups is 3. The minimum Gasteiger partial charge on any atom is -0.454 e. The molecule has 0 saturated heterocycles. The number of hydrogen-bond donors (Lipinski definition) is 2. The summed E-state index contributed by atoms with van der Waals surface area (Å²) in [6.07, 6.45) is 0. The van der Waals surface area contributed by atoms with Crippen LogP contribution in [0.4, 0.5) is 11.4 Å². The average Bonchev–Trinajstić information content (AvgIpc) is 3.47. The fourth-order valence-corrected chi connectivity index (χ4v) is 3.44. The van der Waals surface area contributed by atoms with Gasteiger partial charge < -0.3 is 34.3 Å². The van der Waals surface area contributed by atoms with Crippen LogP contribution in [0.5, 0.6) is 28.7 Å². The fraction of sp³-hybridized carbons (Fsp3) is 0.125. The van der Waals surface area contributed by atoms with Gasteiger partial charge in [0.1, 0.15) is 5.75 Å². The molecule has 10 nitrogen and oxygen atoms in total. The molecule has 0 saturated carbocycles. The molecule has 0 aliphatic carbocycles. The van der Waals surface area contributed by atoms with E-state index in [-0.39, 0.29) is 30.5 Å². The molecule has 5 rings (SSSR count). The molecule has 2 heterocycles. The third-order valence-corrected chi connectivity index (χ3v) is 4.95. The molecule has 3 aromatic carbocycles. The molecular formula is C24H18N2O8. The van der Waals surface area contributed by atoms with Crippen LogP contribution >= 0.6 is 0 Å². The van der Waals surface area contributed by atoms with Gasteiger partial charge in [0.05, 0.1) is 0 Å². The molecule has 0 unspecified atom stereocenters. The van der Waals surface area contributed by atoms with Gasteiger partial charge in [0.2, 0.25) is 13.6 Å². The van der Waals surface area contributed by atoms with Crippen molar-refractivity contribution in [2.45, 2.75) is 6.92 Å². The number of fused-ring (bicyclic) bond motifs is 2. The van der Waals surface area contributed by atoms with Gasteiger partial charge in [-0.3, -0.25) is 14.4 Å². The van der Waals surface area contributed by atoms with Gasteiger partial charge in [-0.25, -0.2) is 0 Å². The SMILES string of the molecule is CC(=O)Oc1cc(C(=O)Nc2ccc3c(c2)OCO3)cc(C(=O)Nc2ccc3c(c2)OCO3)c1. The van der Waals surface area contributed by atoms with Crippen molar-refractivity contribution in [3.63, 3.8) is 0 Å². The first-order chi connectivity index (χ1) is 16.4. The Morgan fingerprint density at radius 2 is 1.15 bits per heavy atom. The predicted octanol–water partition coefficient (Wildman–Crippen LogP) is 3.57. The summed E-state index contributed by atoms with van der Waals surface area (Å²) in [5, 5.41) is 5.47. The second kappa shape index (κ2) is 8.66. The molecule has 172 valence electrons. The van der Waals surface area contributed by atoms with E-state index in [0.717, 1.165) is 0 Å². The highest BCUT2D eigenvalue weighted by Crippen LogP contribution is 2.35. The molecule has 0 fully saturated rings. The Bertz CT molecular complexity index is 1230. The number of ether oxygens (including phenoxy) is 5. The lowest BCUT2D eigenvalue weighted by Crippen LogP contribution is -2.16. The van der Waals surface area contributed by atoms with Crippen LogP contribution in [-0.4, -0.2) is 31.4 Å². The highest BCUT2D eigenvalue weighted by molar-refractivity contribution is 6.09. The minimum absolute atomic E-state index is 0.0571. The lowest BCUT2D eigenvalue weighted by Gasteiger charge is -2.11. The monoisotopic (exact) mass is 462 g/mol. The Morgan fingerprint density at radius 3 is 1.62 bits per heavy atom. The van der Waals surface area contributed by atoms with Gasteiger partial charge in [-0.1, -0.05) is 0 Å². The van der Waals surface area contributed by atoms with E-state index in [1.807, 2.05) is 0 Å². The highest BCUT2D eigenvalue weighted by Gasteiger charge is 2.19. The van der Waals surface area contributed by atoms with E-state index >= 15 is 0 Å². The lowest BCUT2D eigenvalue weighted by molar-refractivity contribution is -0.131. The zero-order chi connectivity index (χ0) is 23.7. The molecule has 34 heavy (non-hydrogen) atoms. The maximum atomic E-state index is 12.9. The van der Waals surface area contributed by atoms with Gasteiger partial charge in [-0.15, -0.1) is 0 Å². The van der Waals surface area contributed by atoms with Crippen LogP contribution in [0.3, 0.4) is 0 Å². The van der Waals surface area contributed by atoms with E-state index in [0.29, 0.717) is 34.4 Å². The molecule has 3 aromatic rings. The molecule has 0 bridgehead atoms. The molecule has 0 radical (unpaired) electrons. The fourth-order valence-electron chi connectivity index (χ4n) is 3.44. The zero-order valence-corrected chi connectivity index (χ0v) is 17.9. The summed E-state index contributed by atoms with van der Waals surface area (Å²) in [7, 11) is 0. The van der Waals surface area contributed by atoms with Crippen LogP contribution in [0.2, 0.25) is 0 Å². The summed E-state index contributed by atoms with van der Waals surface area (Å²) < 4.78 is 26.3. The van der Waals surface area contributed by atoms with Gasteiger partial charge in [0, 0.05) is 41.6 Å². The normalized spacial score (nSPS) is 12.7. The van der Waals surface area contributed by atoms with E-state index in [9.17, 15) is 14.4 Å². The van der Waals surface area contributed by atoms with Crippen LogP contribution < -0.4 is 34.3 Å². The third kappa shape index (κ3) is 4.42. The Labute approximate surface area is 193 Å². The van der Waals surface area contributed by atoms with Gasteiger partial charge in [0.25, 0.3) is 11.8 Å². The standard InChI is InChI=1S/C24H18N2O8/c1-13(27)34-18-7-14(23(28)25-16-2-4-19-21(9-16)32-11-30-19)6-15(8-18)24(29)26-17-3-5-20-22(10-17)33-12-31-20/h2-10H,11-12H2,1H3,(H,25,28)(H,26,29). The molecule has 2 aliphatic rings. The van der Waals surface area contributed by atoms with Gasteiger partial charge in [-0.05, 0) is 42.5 Å². The van der Waals surface area contributed by atoms with Crippen molar-refractivity contribution < 1.29 is 38.1 Å². The van der Waals surface area contributed by atoms with Gasteiger partial charge in [-0.2, -0.15) is 0 Å². The molecular weight excluding hydrogens is 444 g/mol. The number of rotatable bonds is 5. The van der Waals surface area contributed by atoms with Crippen LogP contribution in [0.1, 0.15) is 27.6 Å². The number of amides is 2. The topological polar surface area (TPSA) is 121 Å². The van der Waals surface area contributed by atoms with Crippen molar-refractivity contribution in [1.29, 1.82) is 0 Å². The van der Waals surface area contributed by atoms with Crippen molar-refractivity contribution in [2.24, 2.45) is 0 Å². The molecule has 0 spiro atoms. The molecule has 10 heteroatoms. The van der Waals surface area contributed by atoms with Gasteiger partial charge >= 0.3 is 5.97 Å². The first kappa shape index (κ1) is 21.1. The van der Waals surface area contributed by atoms with E-state index in [4.69, 9.17) is 23.7 Å². The quantitative estimate of drug-likeness (QED) is 0.436. The van der Waals surface area contributed by atoms with E-state index in [2.05, 4.69) is 10.6 Å². The summed E-state index contributed by atoms with van der Waals surface area (Å²) in [5.74, 6) is 0.632. The smallest absolute Gasteiger partial charge is 0.308 e.